The van der Waals surface area contributed by atoms with Gasteiger partial charge in [-0.3, -0.25) is 9.36 Å². The van der Waals surface area contributed by atoms with Gasteiger partial charge in [-0.25, -0.2) is 4.98 Å². The summed E-state index contributed by atoms with van der Waals surface area (Å²) in [5.41, 5.74) is 11.0. The van der Waals surface area contributed by atoms with Crippen molar-refractivity contribution in [1.29, 1.82) is 0 Å². The number of thiophene rings is 1. The summed E-state index contributed by atoms with van der Waals surface area (Å²) in [4.78, 5) is 17.1. The first-order valence-electron chi connectivity index (χ1n) is 10.6. The molecule has 1 unspecified atom stereocenters. The van der Waals surface area contributed by atoms with E-state index >= 15 is 0 Å². The van der Waals surface area contributed by atoms with Crippen molar-refractivity contribution in [1.82, 2.24) is 14.7 Å². The number of hydrogen-bond donors (Lipinski definition) is 1. The monoisotopic (exact) mass is 492 g/mol. The molecule has 2 N–H and O–H groups in total. The Morgan fingerprint density at radius 1 is 1.21 bits per heavy atom. The van der Waals surface area contributed by atoms with E-state index in [9.17, 15) is 4.79 Å². The molecule has 172 valence electrons. The molecule has 1 atom stereocenters. The van der Waals surface area contributed by atoms with Crippen molar-refractivity contribution in [2.24, 2.45) is 5.73 Å². The summed E-state index contributed by atoms with van der Waals surface area (Å²) < 4.78 is 13.4. The number of nitrogens with two attached hydrogens (primary N) is 1. The van der Waals surface area contributed by atoms with Crippen molar-refractivity contribution in [3.8, 4) is 21.9 Å². The highest BCUT2D eigenvalue weighted by Gasteiger charge is 2.21. The smallest absolute Gasteiger partial charge is 0.262 e. The van der Waals surface area contributed by atoms with Crippen LogP contribution >= 0.6 is 22.9 Å². The number of fused-ring (bicyclic) bond motifs is 1. The number of ether oxygens (including phenoxy) is 1. The van der Waals surface area contributed by atoms with Crippen LogP contribution in [0.2, 0.25) is 5.02 Å². The Kier molecular flexibility index (Phi) is 5.63. The van der Waals surface area contributed by atoms with Gasteiger partial charge in [-0.05, 0) is 44.5 Å². The summed E-state index contributed by atoms with van der Waals surface area (Å²) in [5.74, 6) is 0.618. The fourth-order valence-corrected chi connectivity index (χ4v) is 5.25. The van der Waals surface area contributed by atoms with Crippen LogP contribution in [0, 0.1) is 13.8 Å². The highest BCUT2D eigenvalue weighted by Crippen LogP contribution is 2.37. The quantitative estimate of drug-likeness (QED) is 0.302. The van der Waals surface area contributed by atoms with Gasteiger partial charge in [-0.1, -0.05) is 41.0 Å². The number of halogens is 1. The lowest BCUT2D eigenvalue weighted by Gasteiger charge is -2.16. The third-order valence-electron chi connectivity index (χ3n) is 5.66. The van der Waals surface area contributed by atoms with Gasteiger partial charge in [0, 0.05) is 22.2 Å². The molecule has 0 aliphatic carbocycles. The average Bonchev–Trinajstić information content (AvgIpc) is 3.50. The number of rotatable bonds is 6. The largest absolute Gasteiger partial charge is 0.484 e. The second-order valence-electron chi connectivity index (χ2n) is 7.94. The number of imidazole rings is 1. The van der Waals surface area contributed by atoms with E-state index in [0.717, 1.165) is 44.2 Å². The zero-order chi connectivity index (χ0) is 24.0. The lowest BCUT2D eigenvalue weighted by molar-refractivity contribution is 0.0998. The topological polar surface area (TPSA) is 96.2 Å². The Hall–Kier alpha value is -3.62. The first kappa shape index (κ1) is 22.2. The summed E-state index contributed by atoms with van der Waals surface area (Å²) in [6.45, 7) is 5.68. The third kappa shape index (κ3) is 3.85. The van der Waals surface area contributed by atoms with E-state index in [1.54, 1.807) is 18.5 Å². The Morgan fingerprint density at radius 3 is 2.71 bits per heavy atom. The van der Waals surface area contributed by atoms with Crippen LogP contribution in [0.3, 0.4) is 0 Å². The van der Waals surface area contributed by atoms with Crippen molar-refractivity contribution in [3.05, 3.63) is 81.8 Å². The Bertz CT molecular complexity index is 1510. The normalized spacial score (nSPS) is 12.2. The Morgan fingerprint density at radius 2 is 2.00 bits per heavy atom. The Balaban J connectivity index is 1.52. The van der Waals surface area contributed by atoms with Crippen LogP contribution in [-0.2, 0) is 0 Å². The summed E-state index contributed by atoms with van der Waals surface area (Å²) in [6.07, 6.45) is 1.35. The molecule has 1 amide bonds. The molecular weight excluding hydrogens is 472 g/mol. The zero-order valence-electron chi connectivity index (χ0n) is 18.7. The van der Waals surface area contributed by atoms with Gasteiger partial charge in [-0.2, -0.15) is 0 Å². The summed E-state index contributed by atoms with van der Waals surface area (Å²) in [6, 6.07) is 15.2. The van der Waals surface area contributed by atoms with E-state index in [1.165, 1.54) is 11.3 Å². The molecule has 0 saturated carbocycles. The van der Waals surface area contributed by atoms with E-state index in [0.29, 0.717) is 15.6 Å². The SMILES string of the molecule is Cc1noc(C)c1-c1ccc2c(c1)ncn2-c1cc(OC(C)c2ccccc2Cl)c(C(N)=O)s1. The number of nitrogens with zero attached hydrogens (tertiary/aromatic N) is 3. The van der Waals surface area contributed by atoms with E-state index in [2.05, 4.69) is 10.1 Å². The minimum absolute atomic E-state index is 0.336. The number of aromatic nitrogens is 3. The van der Waals surface area contributed by atoms with Gasteiger partial charge < -0.3 is 15.0 Å². The van der Waals surface area contributed by atoms with Crippen molar-refractivity contribution in [2.75, 3.05) is 0 Å². The molecule has 0 aliphatic heterocycles. The molecule has 34 heavy (non-hydrogen) atoms. The molecule has 0 saturated heterocycles. The van der Waals surface area contributed by atoms with Crippen LogP contribution in [0.4, 0.5) is 0 Å². The number of carbonyl (C=O) groups is 1. The molecule has 0 spiro atoms. The first-order valence-corrected chi connectivity index (χ1v) is 11.8. The fraction of sp³-hybridized carbons (Fsp3) is 0.160. The fourth-order valence-electron chi connectivity index (χ4n) is 4.04. The molecule has 7 nitrogen and oxygen atoms in total. The van der Waals surface area contributed by atoms with E-state index in [-0.39, 0.29) is 6.10 Å². The molecule has 0 aliphatic rings. The lowest BCUT2D eigenvalue weighted by Crippen LogP contribution is -2.12. The molecule has 0 fully saturated rings. The molecule has 0 bridgehead atoms. The lowest BCUT2D eigenvalue weighted by atomic mass is 10.0. The summed E-state index contributed by atoms with van der Waals surface area (Å²) in [5, 5.41) is 5.40. The molecule has 0 radical (unpaired) electrons. The highest BCUT2D eigenvalue weighted by molar-refractivity contribution is 7.16. The van der Waals surface area contributed by atoms with Crippen LogP contribution in [0.25, 0.3) is 27.2 Å². The molecule has 5 rings (SSSR count). The van der Waals surface area contributed by atoms with Crippen molar-refractivity contribution in [2.45, 2.75) is 26.9 Å². The van der Waals surface area contributed by atoms with E-state index < -0.39 is 5.91 Å². The number of amides is 1. The van der Waals surface area contributed by atoms with Crippen LogP contribution < -0.4 is 10.5 Å². The van der Waals surface area contributed by atoms with Crippen molar-refractivity contribution in [3.63, 3.8) is 0 Å². The number of aryl methyl sites for hydroxylation is 2. The van der Waals surface area contributed by atoms with Crippen LogP contribution in [0.5, 0.6) is 5.75 Å². The third-order valence-corrected chi connectivity index (χ3v) is 7.14. The van der Waals surface area contributed by atoms with Crippen molar-refractivity contribution >= 4 is 39.9 Å². The van der Waals surface area contributed by atoms with Gasteiger partial charge in [0.2, 0.25) is 0 Å². The number of hydrogen-bond acceptors (Lipinski definition) is 6. The number of carbonyl (C=O) groups excluding carboxylic acids is 1. The van der Waals surface area contributed by atoms with Crippen LogP contribution in [0.1, 0.15) is 39.7 Å². The predicted molar refractivity (Wildman–Crippen MR) is 133 cm³/mol. The molecule has 2 aromatic carbocycles. The van der Waals surface area contributed by atoms with Gasteiger partial charge in [-0.15, -0.1) is 11.3 Å². The van der Waals surface area contributed by atoms with E-state index in [4.69, 9.17) is 26.6 Å². The van der Waals surface area contributed by atoms with Gasteiger partial charge in [0.15, 0.2) is 0 Å². The molecule has 9 heteroatoms. The number of primary amides is 1. The molecule has 3 aromatic heterocycles. The Labute approximate surface area is 204 Å². The van der Waals surface area contributed by atoms with Gasteiger partial charge in [0.25, 0.3) is 5.91 Å². The maximum atomic E-state index is 12.2. The standard InChI is InChI=1S/C25H21ClN4O3S/c1-13-23(15(3)33-29-13)16-8-9-20-19(10-16)28-12-30(20)22-11-21(24(34-22)25(27)31)32-14(2)17-6-4-5-7-18(17)26/h4-12,14H,1-3H3,(H2,27,31). The molecular formula is C25H21ClN4O3S. The molecule has 5 aromatic rings. The number of benzene rings is 2. The second kappa shape index (κ2) is 8.62. The summed E-state index contributed by atoms with van der Waals surface area (Å²) >= 11 is 7.57. The minimum atomic E-state index is -0.553. The van der Waals surface area contributed by atoms with Gasteiger partial charge >= 0.3 is 0 Å². The summed E-state index contributed by atoms with van der Waals surface area (Å²) in [7, 11) is 0. The van der Waals surface area contributed by atoms with Crippen LogP contribution in [-0.4, -0.2) is 20.6 Å². The average molecular weight is 493 g/mol. The van der Waals surface area contributed by atoms with Gasteiger partial charge in [0.1, 0.15) is 33.8 Å². The van der Waals surface area contributed by atoms with Crippen molar-refractivity contribution < 1.29 is 14.1 Å². The molecule has 3 heterocycles. The minimum Gasteiger partial charge on any atom is -0.484 e. The maximum absolute atomic E-state index is 12.2. The van der Waals surface area contributed by atoms with E-state index in [1.807, 2.05) is 61.7 Å². The highest BCUT2D eigenvalue weighted by atomic mass is 35.5. The first-order chi connectivity index (χ1) is 16.3. The van der Waals surface area contributed by atoms with Gasteiger partial charge in [0.05, 0.1) is 16.7 Å². The second-order valence-corrected chi connectivity index (χ2v) is 9.38. The maximum Gasteiger partial charge on any atom is 0.262 e. The van der Waals surface area contributed by atoms with Crippen LogP contribution in [0.15, 0.2) is 59.4 Å². The predicted octanol–water partition coefficient (Wildman–Crippen LogP) is 6.25. The zero-order valence-corrected chi connectivity index (χ0v) is 20.3.